The lowest BCUT2D eigenvalue weighted by Crippen LogP contribution is -2.47. The van der Waals surface area contributed by atoms with E-state index in [1.807, 2.05) is 23.1 Å². The van der Waals surface area contributed by atoms with Crippen LogP contribution in [0.3, 0.4) is 0 Å². The van der Waals surface area contributed by atoms with Crippen molar-refractivity contribution in [3.63, 3.8) is 0 Å². The van der Waals surface area contributed by atoms with Gasteiger partial charge in [0.2, 0.25) is 17.6 Å². The lowest BCUT2D eigenvalue weighted by molar-refractivity contribution is -0.130. The standard InChI is InChI=1S/C23H28N6O2/c1-3-28(16-19-7-5-4-6-8-19)21-10-9-20(15-24-21)23-25-22(31-26-23)17-27-11-13-29(14-12-27)18(2)30/h4-10,15H,3,11-14,16-17H2,1-2H3. The second kappa shape index (κ2) is 9.70. The fourth-order valence-electron chi connectivity index (χ4n) is 3.71. The van der Waals surface area contributed by atoms with E-state index in [0.717, 1.165) is 50.6 Å². The number of carbonyl (C=O) groups excluding carboxylic acids is 1. The molecule has 8 heteroatoms. The van der Waals surface area contributed by atoms with Crippen LogP contribution in [0.5, 0.6) is 0 Å². The second-order valence-corrected chi connectivity index (χ2v) is 7.70. The fourth-order valence-corrected chi connectivity index (χ4v) is 3.71. The Kier molecular flexibility index (Phi) is 6.57. The number of aromatic nitrogens is 3. The number of piperazine rings is 1. The van der Waals surface area contributed by atoms with Crippen molar-refractivity contribution in [2.75, 3.05) is 37.6 Å². The predicted molar refractivity (Wildman–Crippen MR) is 118 cm³/mol. The predicted octanol–water partition coefficient (Wildman–Crippen LogP) is 2.82. The van der Waals surface area contributed by atoms with E-state index < -0.39 is 0 Å². The van der Waals surface area contributed by atoms with Crippen molar-refractivity contribution in [1.29, 1.82) is 0 Å². The van der Waals surface area contributed by atoms with Crippen LogP contribution in [0.15, 0.2) is 53.2 Å². The van der Waals surface area contributed by atoms with E-state index in [-0.39, 0.29) is 5.91 Å². The molecule has 8 nitrogen and oxygen atoms in total. The van der Waals surface area contributed by atoms with E-state index in [9.17, 15) is 4.79 Å². The molecule has 162 valence electrons. The van der Waals surface area contributed by atoms with E-state index in [2.05, 4.69) is 56.1 Å². The summed E-state index contributed by atoms with van der Waals surface area (Å²) in [7, 11) is 0. The number of anilines is 1. The van der Waals surface area contributed by atoms with Gasteiger partial charge in [0.15, 0.2) is 0 Å². The van der Waals surface area contributed by atoms with E-state index in [1.165, 1.54) is 5.56 Å². The largest absolute Gasteiger partial charge is 0.353 e. The van der Waals surface area contributed by atoms with Gasteiger partial charge in [0.1, 0.15) is 5.82 Å². The molecule has 1 aromatic carbocycles. The maximum atomic E-state index is 11.5. The van der Waals surface area contributed by atoms with Gasteiger partial charge in [-0.3, -0.25) is 9.69 Å². The average Bonchev–Trinajstić information content (AvgIpc) is 3.27. The zero-order valence-electron chi connectivity index (χ0n) is 18.1. The van der Waals surface area contributed by atoms with E-state index >= 15 is 0 Å². The third-order valence-electron chi connectivity index (χ3n) is 5.57. The molecular formula is C23H28N6O2. The minimum absolute atomic E-state index is 0.126. The number of hydrogen-bond acceptors (Lipinski definition) is 7. The summed E-state index contributed by atoms with van der Waals surface area (Å²) in [5.74, 6) is 2.17. The van der Waals surface area contributed by atoms with Gasteiger partial charge in [-0.1, -0.05) is 35.5 Å². The maximum absolute atomic E-state index is 11.5. The van der Waals surface area contributed by atoms with Crippen LogP contribution in [0.1, 0.15) is 25.3 Å². The van der Waals surface area contributed by atoms with Gasteiger partial charge in [0.05, 0.1) is 6.54 Å². The van der Waals surface area contributed by atoms with Crippen LogP contribution >= 0.6 is 0 Å². The maximum Gasteiger partial charge on any atom is 0.241 e. The molecule has 0 spiro atoms. The Hall–Kier alpha value is -3.26. The van der Waals surface area contributed by atoms with Crippen LogP contribution in [0.4, 0.5) is 5.82 Å². The molecule has 3 heterocycles. The smallest absolute Gasteiger partial charge is 0.241 e. The molecule has 0 unspecified atom stereocenters. The zero-order valence-corrected chi connectivity index (χ0v) is 18.1. The van der Waals surface area contributed by atoms with Crippen LogP contribution in [-0.2, 0) is 17.9 Å². The molecule has 0 saturated carbocycles. The molecule has 1 saturated heterocycles. The first-order valence-corrected chi connectivity index (χ1v) is 10.7. The first kappa shape index (κ1) is 21.0. The highest BCUT2D eigenvalue weighted by Gasteiger charge is 2.20. The van der Waals surface area contributed by atoms with Gasteiger partial charge in [-0.05, 0) is 24.6 Å². The molecule has 0 atom stereocenters. The summed E-state index contributed by atoms with van der Waals surface area (Å²) in [5, 5.41) is 4.13. The summed E-state index contributed by atoms with van der Waals surface area (Å²) in [6, 6.07) is 14.4. The molecule has 0 aliphatic carbocycles. The highest BCUT2D eigenvalue weighted by molar-refractivity contribution is 5.73. The van der Waals surface area contributed by atoms with Crippen LogP contribution in [-0.4, -0.2) is 63.6 Å². The minimum atomic E-state index is 0.126. The molecule has 0 radical (unpaired) electrons. The Morgan fingerprint density at radius 3 is 2.52 bits per heavy atom. The molecule has 0 bridgehead atoms. The van der Waals surface area contributed by atoms with Crippen LogP contribution in [0, 0.1) is 0 Å². The molecule has 31 heavy (non-hydrogen) atoms. The van der Waals surface area contributed by atoms with Crippen molar-refractivity contribution in [1.82, 2.24) is 24.9 Å². The van der Waals surface area contributed by atoms with Crippen LogP contribution in [0.25, 0.3) is 11.4 Å². The Labute approximate surface area is 182 Å². The van der Waals surface area contributed by atoms with Crippen molar-refractivity contribution >= 4 is 11.7 Å². The number of nitrogens with zero attached hydrogens (tertiary/aromatic N) is 6. The second-order valence-electron chi connectivity index (χ2n) is 7.70. The van der Waals surface area contributed by atoms with E-state index in [4.69, 9.17) is 4.52 Å². The van der Waals surface area contributed by atoms with Crippen molar-refractivity contribution in [3.8, 4) is 11.4 Å². The van der Waals surface area contributed by atoms with Gasteiger partial charge in [-0.15, -0.1) is 0 Å². The van der Waals surface area contributed by atoms with Crippen molar-refractivity contribution < 1.29 is 9.32 Å². The topological polar surface area (TPSA) is 78.6 Å². The van der Waals surface area contributed by atoms with Crippen molar-refractivity contribution in [3.05, 3.63) is 60.1 Å². The molecular weight excluding hydrogens is 392 g/mol. The van der Waals surface area contributed by atoms with Gasteiger partial charge in [0.25, 0.3) is 0 Å². The number of rotatable bonds is 7. The highest BCUT2D eigenvalue weighted by Crippen LogP contribution is 2.20. The van der Waals surface area contributed by atoms with Gasteiger partial charge in [0, 0.05) is 58.0 Å². The average molecular weight is 421 g/mol. The molecule has 0 N–H and O–H groups in total. The lowest BCUT2D eigenvalue weighted by atomic mass is 10.2. The quantitative estimate of drug-likeness (QED) is 0.581. The van der Waals surface area contributed by atoms with E-state index in [1.54, 1.807) is 13.1 Å². The monoisotopic (exact) mass is 420 g/mol. The van der Waals surface area contributed by atoms with Crippen molar-refractivity contribution in [2.24, 2.45) is 0 Å². The summed E-state index contributed by atoms with van der Waals surface area (Å²) in [6.45, 7) is 9.09. The normalized spacial score (nSPS) is 14.6. The van der Waals surface area contributed by atoms with Gasteiger partial charge < -0.3 is 14.3 Å². The molecule has 2 aromatic heterocycles. The summed E-state index contributed by atoms with van der Waals surface area (Å²) in [5.41, 5.74) is 2.08. The molecule has 3 aromatic rings. The first-order valence-electron chi connectivity index (χ1n) is 10.7. The number of benzene rings is 1. The Bertz CT molecular complexity index is 981. The highest BCUT2D eigenvalue weighted by atomic mass is 16.5. The Balaban J connectivity index is 1.37. The summed E-state index contributed by atoms with van der Waals surface area (Å²) in [6.07, 6.45) is 1.79. The fraction of sp³-hybridized carbons (Fsp3) is 0.391. The summed E-state index contributed by atoms with van der Waals surface area (Å²) >= 11 is 0. The number of carbonyl (C=O) groups is 1. The Morgan fingerprint density at radius 1 is 1.10 bits per heavy atom. The van der Waals surface area contributed by atoms with Gasteiger partial charge in [-0.2, -0.15) is 4.98 Å². The van der Waals surface area contributed by atoms with Gasteiger partial charge >= 0.3 is 0 Å². The Morgan fingerprint density at radius 2 is 1.87 bits per heavy atom. The molecule has 1 fully saturated rings. The number of amides is 1. The zero-order chi connectivity index (χ0) is 21.6. The molecule has 4 rings (SSSR count). The van der Waals surface area contributed by atoms with Crippen LogP contribution in [0.2, 0.25) is 0 Å². The van der Waals surface area contributed by atoms with Crippen molar-refractivity contribution in [2.45, 2.75) is 26.9 Å². The lowest BCUT2D eigenvalue weighted by Gasteiger charge is -2.33. The molecule has 1 amide bonds. The molecule has 1 aliphatic rings. The van der Waals surface area contributed by atoms with Gasteiger partial charge in [-0.25, -0.2) is 4.98 Å². The van der Waals surface area contributed by atoms with E-state index in [0.29, 0.717) is 18.3 Å². The first-order chi connectivity index (χ1) is 15.1. The van der Waals surface area contributed by atoms with Crippen LogP contribution < -0.4 is 4.90 Å². The summed E-state index contributed by atoms with van der Waals surface area (Å²) < 4.78 is 5.45. The third kappa shape index (κ3) is 5.27. The number of pyridine rings is 1. The summed E-state index contributed by atoms with van der Waals surface area (Å²) in [4.78, 5) is 26.9. The SMILES string of the molecule is CCN(Cc1ccccc1)c1ccc(-c2noc(CN3CCN(C(C)=O)CC3)n2)cn1. The third-order valence-corrected chi connectivity index (χ3v) is 5.57. The number of hydrogen-bond donors (Lipinski definition) is 0. The molecule has 1 aliphatic heterocycles. The minimum Gasteiger partial charge on any atom is -0.353 e.